The molecule has 1 aromatic heterocycles. The van der Waals surface area contributed by atoms with E-state index in [1.807, 2.05) is 32.0 Å². The highest BCUT2D eigenvalue weighted by molar-refractivity contribution is 6.30. The number of nitrogens with one attached hydrogen (secondary N) is 1. The Morgan fingerprint density at radius 2 is 1.76 bits per heavy atom. The predicted octanol–water partition coefficient (Wildman–Crippen LogP) is 6.12. The molecule has 3 aromatic carbocycles. The SMILES string of the molecule is Cc1cc2cc(C(=O)NC(C)c3ccc(F)cc3)ccc2n1Cc1ccc(Cl)c(F)c1.O=CO. The maximum atomic E-state index is 13.8. The highest BCUT2D eigenvalue weighted by Gasteiger charge is 2.14. The van der Waals surface area contributed by atoms with Crippen LogP contribution in [0.2, 0.25) is 5.02 Å². The number of hydrogen-bond acceptors (Lipinski definition) is 2. The summed E-state index contributed by atoms with van der Waals surface area (Å²) in [7, 11) is 0. The Balaban J connectivity index is 0.00000103. The maximum Gasteiger partial charge on any atom is 0.290 e. The summed E-state index contributed by atoms with van der Waals surface area (Å²) in [5.74, 6) is -0.958. The standard InChI is InChI=1S/C25H21ClF2N2O.CH2O2/c1-15-11-20-13-19(25(31)29-16(2)18-4-7-21(27)8-5-18)6-10-24(20)30(15)14-17-3-9-22(26)23(28)12-17;2-1-3/h3-13,16H,14H2,1-2H3,(H,29,31);1H,(H,2,3). The molecular weight excluding hydrogens is 462 g/mol. The van der Waals surface area contributed by atoms with Crippen LogP contribution < -0.4 is 5.32 Å². The van der Waals surface area contributed by atoms with Crippen LogP contribution in [0.3, 0.4) is 0 Å². The summed E-state index contributed by atoms with van der Waals surface area (Å²) < 4.78 is 29.0. The number of carbonyl (C=O) groups is 2. The molecule has 4 aromatic rings. The van der Waals surface area contributed by atoms with E-state index >= 15 is 0 Å². The Labute approximate surface area is 200 Å². The van der Waals surface area contributed by atoms with E-state index < -0.39 is 5.82 Å². The number of aryl methyl sites for hydroxylation is 1. The largest absolute Gasteiger partial charge is 0.483 e. The van der Waals surface area contributed by atoms with Gasteiger partial charge in [0, 0.05) is 28.7 Å². The van der Waals surface area contributed by atoms with Gasteiger partial charge in [-0.25, -0.2) is 8.78 Å². The second-order valence-corrected chi connectivity index (χ2v) is 8.15. The molecule has 0 saturated carbocycles. The summed E-state index contributed by atoms with van der Waals surface area (Å²) in [6.07, 6.45) is 0. The van der Waals surface area contributed by atoms with E-state index in [0.717, 1.165) is 27.7 Å². The Kier molecular flexibility index (Phi) is 8.02. The number of nitrogens with zero attached hydrogens (tertiary/aromatic N) is 1. The van der Waals surface area contributed by atoms with Gasteiger partial charge in [0.25, 0.3) is 12.4 Å². The second-order valence-electron chi connectivity index (χ2n) is 7.75. The zero-order valence-corrected chi connectivity index (χ0v) is 19.3. The number of fused-ring (bicyclic) bond motifs is 1. The van der Waals surface area contributed by atoms with E-state index in [0.29, 0.717) is 12.1 Å². The molecule has 0 aliphatic heterocycles. The first-order valence-corrected chi connectivity index (χ1v) is 10.8. The highest BCUT2D eigenvalue weighted by atomic mass is 35.5. The highest BCUT2D eigenvalue weighted by Crippen LogP contribution is 2.24. The lowest BCUT2D eigenvalue weighted by Gasteiger charge is -2.14. The molecule has 0 spiro atoms. The van der Waals surface area contributed by atoms with Gasteiger partial charge >= 0.3 is 0 Å². The van der Waals surface area contributed by atoms with Crippen LogP contribution in [0.4, 0.5) is 8.78 Å². The second kappa shape index (κ2) is 10.9. The first kappa shape index (κ1) is 24.9. The molecule has 1 unspecified atom stereocenters. The molecule has 0 radical (unpaired) electrons. The van der Waals surface area contributed by atoms with Crippen LogP contribution in [0.5, 0.6) is 0 Å². The summed E-state index contributed by atoms with van der Waals surface area (Å²) in [5, 5.41) is 10.9. The van der Waals surface area contributed by atoms with Gasteiger partial charge in [-0.15, -0.1) is 0 Å². The minimum absolute atomic E-state index is 0.100. The molecule has 0 fully saturated rings. The van der Waals surface area contributed by atoms with Crippen LogP contribution in [0.25, 0.3) is 10.9 Å². The minimum Gasteiger partial charge on any atom is -0.483 e. The van der Waals surface area contributed by atoms with Crippen molar-refractivity contribution in [3.63, 3.8) is 0 Å². The van der Waals surface area contributed by atoms with Crippen molar-refractivity contribution in [1.29, 1.82) is 0 Å². The van der Waals surface area contributed by atoms with Gasteiger partial charge in [0.2, 0.25) is 0 Å². The number of hydrogen-bond donors (Lipinski definition) is 2. The molecule has 0 aliphatic carbocycles. The van der Waals surface area contributed by atoms with Crippen molar-refractivity contribution in [3.8, 4) is 0 Å². The number of benzene rings is 3. The van der Waals surface area contributed by atoms with Crippen molar-refractivity contribution in [2.45, 2.75) is 26.4 Å². The minimum atomic E-state index is -0.442. The quantitative estimate of drug-likeness (QED) is 0.335. The third-order valence-electron chi connectivity index (χ3n) is 5.41. The van der Waals surface area contributed by atoms with Crippen LogP contribution in [0.15, 0.2) is 66.7 Å². The van der Waals surface area contributed by atoms with E-state index in [9.17, 15) is 13.6 Å². The molecule has 1 amide bonds. The van der Waals surface area contributed by atoms with Crippen molar-refractivity contribution >= 4 is 34.9 Å². The van der Waals surface area contributed by atoms with E-state index in [1.54, 1.807) is 30.3 Å². The topological polar surface area (TPSA) is 71.3 Å². The van der Waals surface area contributed by atoms with Gasteiger partial charge in [-0.2, -0.15) is 0 Å². The lowest BCUT2D eigenvalue weighted by Crippen LogP contribution is -2.26. The first-order valence-electron chi connectivity index (χ1n) is 10.4. The molecule has 5 nitrogen and oxygen atoms in total. The molecule has 0 aliphatic rings. The monoisotopic (exact) mass is 484 g/mol. The number of halogens is 3. The Bertz CT molecular complexity index is 1320. The van der Waals surface area contributed by atoms with Crippen LogP contribution in [-0.2, 0) is 11.3 Å². The molecule has 8 heteroatoms. The molecule has 1 atom stereocenters. The first-order chi connectivity index (χ1) is 16.2. The molecule has 0 bridgehead atoms. The molecule has 176 valence electrons. The zero-order chi connectivity index (χ0) is 24.8. The lowest BCUT2D eigenvalue weighted by atomic mass is 10.1. The summed E-state index contributed by atoms with van der Waals surface area (Å²) in [5.41, 5.74) is 4.13. The van der Waals surface area contributed by atoms with Gasteiger partial charge in [0.1, 0.15) is 11.6 Å². The Hall–Kier alpha value is -3.71. The van der Waals surface area contributed by atoms with E-state index in [1.165, 1.54) is 18.2 Å². The molecule has 4 rings (SSSR count). The summed E-state index contributed by atoms with van der Waals surface area (Å²) in [6, 6.07) is 18.1. The fourth-order valence-electron chi connectivity index (χ4n) is 3.70. The van der Waals surface area contributed by atoms with Crippen molar-refractivity contribution in [2.24, 2.45) is 0 Å². The van der Waals surface area contributed by atoms with Gasteiger partial charge in [-0.05, 0) is 73.5 Å². The lowest BCUT2D eigenvalue weighted by molar-refractivity contribution is -0.122. The predicted molar refractivity (Wildman–Crippen MR) is 128 cm³/mol. The fourth-order valence-corrected chi connectivity index (χ4v) is 3.81. The van der Waals surface area contributed by atoms with Gasteiger partial charge in [0.15, 0.2) is 0 Å². The van der Waals surface area contributed by atoms with Gasteiger partial charge in [0.05, 0.1) is 11.1 Å². The van der Waals surface area contributed by atoms with Gasteiger partial charge < -0.3 is 15.0 Å². The van der Waals surface area contributed by atoms with E-state index in [4.69, 9.17) is 21.5 Å². The number of carboxylic acid groups (broad SMARTS) is 1. The normalized spacial score (nSPS) is 11.4. The number of aromatic nitrogens is 1. The van der Waals surface area contributed by atoms with Crippen LogP contribution in [0, 0.1) is 18.6 Å². The third-order valence-corrected chi connectivity index (χ3v) is 5.72. The Morgan fingerprint density at radius 3 is 2.41 bits per heavy atom. The maximum absolute atomic E-state index is 13.8. The summed E-state index contributed by atoms with van der Waals surface area (Å²) in [4.78, 5) is 21.1. The number of amides is 1. The third kappa shape index (κ3) is 5.80. The number of rotatable bonds is 5. The number of carbonyl (C=O) groups excluding carboxylic acids is 1. The van der Waals surface area contributed by atoms with Crippen molar-refractivity contribution in [2.75, 3.05) is 0 Å². The Morgan fingerprint density at radius 1 is 1.09 bits per heavy atom. The zero-order valence-electron chi connectivity index (χ0n) is 18.6. The average molecular weight is 485 g/mol. The smallest absolute Gasteiger partial charge is 0.290 e. The molecule has 0 saturated heterocycles. The molecule has 34 heavy (non-hydrogen) atoms. The van der Waals surface area contributed by atoms with Crippen molar-refractivity contribution < 1.29 is 23.5 Å². The molecule has 1 heterocycles. The van der Waals surface area contributed by atoms with Gasteiger partial charge in [-0.1, -0.05) is 29.8 Å². The van der Waals surface area contributed by atoms with Crippen LogP contribution in [-0.4, -0.2) is 22.1 Å². The van der Waals surface area contributed by atoms with Crippen LogP contribution >= 0.6 is 11.6 Å². The average Bonchev–Trinajstić information content (AvgIpc) is 3.11. The van der Waals surface area contributed by atoms with Crippen molar-refractivity contribution in [3.05, 3.63) is 106 Å². The fraction of sp³-hybridized carbons (Fsp3) is 0.154. The molecular formula is C26H23ClF2N2O3. The molecule has 2 N–H and O–H groups in total. The van der Waals surface area contributed by atoms with E-state index in [2.05, 4.69) is 9.88 Å². The van der Waals surface area contributed by atoms with Gasteiger partial charge in [-0.3, -0.25) is 9.59 Å². The van der Waals surface area contributed by atoms with E-state index in [-0.39, 0.29) is 29.3 Å². The summed E-state index contributed by atoms with van der Waals surface area (Å²) in [6.45, 7) is 4.08. The summed E-state index contributed by atoms with van der Waals surface area (Å²) >= 11 is 5.78. The van der Waals surface area contributed by atoms with Crippen molar-refractivity contribution in [1.82, 2.24) is 9.88 Å². The van der Waals surface area contributed by atoms with Crippen LogP contribution in [0.1, 0.15) is 40.1 Å².